The molecular formula is C21H18N4O4. The number of cyclic esters (lactones) is 1. The van der Waals surface area contributed by atoms with Crippen molar-refractivity contribution >= 4 is 12.2 Å². The normalized spacial score (nSPS) is 25.8. The third-order valence-electron chi connectivity index (χ3n) is 5.61. The van der Waals surface area contributed by atoms with Gasteiger partial charge in [-0.25, -0.2) is 20.0 Å². The molecule has 2 amide bonds. The van der Waals surface area contributed by atoms with Crippen LogP contribution in [0.1, 0.15) is 28.8 Å². The Morgan fingerprint density at radius 1 is 1.07 bits per heavy atom. The lowest BCUT2D eigenvalue weighted by Crippen LogP contribution is -2.54. The monoisotopic (exact) mass is 390 g/mol. The zero-order valence-corrected chi connectivity index (χ0v) is 15.4. The first-order chi connectivity index (χ1) is 14.2. The number of carbonyl (C=O) groups excluding carboxylic acids is 2. The zero-order chi connectivity index (χ0) is 20.0. The second-order valence-electron chi connectivity index (χ2n) is 7.21. The molecule has 146 valence electrons. The number of nitrogens with zero attached hydrogens (tertiary/aromatic N) is 3. The molecule has 0 aromatic heterocycles. The first-order valence-corrected chi connectivity index (χ1v) is 9.41. The minimum atomic E-state index is -0.769. The summed E-state index contributed by atoms with van der Waals surface area (Å²) in [5.41, 5.74) is 5.79. The van der Waals surface area contributed by atoms with Crippen molar-refractivity contribution < 1.29 is 19.1 Å². The summed E-state index contributed by atoms with van der Waals surface area (Å²) >= 11 is 0. The van der Waals surface area contributed by atoms with Crippen molar-refractivity contribution in [3.63, 3.8) is 0 Å². The van der Waals surface area contributed by atoms with E-state index in [0.29, 0.717) is 12.0 Å². The standard InChI is InChI=1S/C21H18N4O4/c22-11-16(13-6-2-1-3-7-13)23-25-18(12-28-21(25)27)24-19-15-9-5-4-8-14(15)10-17(19)29-20(24)26/h1-9,16-19,23H,10,12H2/t16-,17+,18+,19-/m0/s1. The van der Waals surface area contributed by atoms with Crippen LogP contribution in [0.5, 0.6) is 0 Å². The quantitative estimate of drug-likeness (QED) is 0.862. The van der Waals surface area contributed by atoms with Gasteiger partial charge in [0.05, 0.1) is 6.07 Å². The minimum absolute atomic E-state index is 0.000736. The molecule has 8 heteroatoms. The molecule has 3 aliphatic rings. The Kier molecular flexibility index (Phi) is 4.11. The molecule has 8 nitrogen and oxygen atoms in total. The number of hydrogen-bond donors (Lipinski definition) is 1. The van der Waals surface area contributed by atoms with E-state index >= 15 is 0 Å². The van der Waals surface area contributed by atoms with E-state index in [4.69, 9.17) is 9.47 Å². The summed E-state index contributed by atoms with van der Waals surface area (Å²) in [6.07, 6.45) is -1.48. The van der Waals surface area contributed by atoms with Gasteiger partial charge in [-0.15, -0.1) is 0 Å². The van der Waals surface area contributed by atoms with Gasteiger partial charge in [0.1, 0.15) is 24.8 Å². The summed E-state index contributed by atoms with van der Waals surface area (Å²) in [4.78, 5) is 26.7. The minimum Gasteiger partial charge on any atom is -0.444 e. The van der Waals surface area contributed by atoms with Crippen LogP contribution < -0.4 is 5.43 Å². The van der Waals surface area contributed by atoms with Gasteiger partial charge in [-0.2, -0.15) is 5.26 Å². The van der Waals surface area contributed by atoms with E-state index < -0.39 is 24.4 Å². The summed E-state index contributed by atoms with van der Waals surface area (Å²) in [5, 5.41) is 10.8. The smallest absolute Gasteiger partial charge is 0.426 e. The molecule has 2 heterocycles. The van der Waals surface area contributed by atoms with Crippen molar-refractivity contribution in [1.29, 1.82) is 5.26 Å². The van der Waals surface area contributed by atoms with Crippen LogP contribution in [-0.4, -0.2) is 41.0 Å². The number of nitriles is 1. The van der Waals surface area contributed by atoms with Gasteiger partial charge in [0.25, 0.3) is 0 Å². The highest BCUT2D eigenvalue weighted by Crippen LogP contribution is 2.44. The van der Waals surface area contributed by atoms with E-state index in [9.17, 15) is 14.9 Å². The Morgan fingerprint density at radius 3 is 2.62 bits per heavy atom. The zero-order valence-electron chi connectivity index (χ0n) is 15.4. The predicted molar refractivity (Wildman–Crippen MR) is 99.9 cm³/mol. The average Bonchev–Trinajstić information content (AvgIpc) is 3.37. The summed E-state index contributed by atoms with van der Waals surface area (Å²) in [5.74, 6) is 0. The molecular weight excluding hydrogens is 372 g/mol. The number of fused-ring (bicyclic) bond motifs is 3. The molecule has 1 aliphatic carbocycles. The first-order valence-electron chi connectivity index (χ1n) is 9.41. The number of hydrogen-bond acceptors (Lipinski definition) is 6. The third-order valence-corrected chi connectivity index (χ3v) is 5.61. The Hall–Kier alpha value is -3.57. The Balaban J connectivity index is 1.45. The summed E-state index contributed by atoms with van der Waals surface area (Å²) in [6, 6.07) is 18.1. The molecule has 2 aromatic rings. The van der Waals surface area contributed by atoms with E-state index in [1.165, 1.54) is 5.01 Å². The fourth-order valence-electron chi connectivity index (χ4n) is 4.30. The topological polar surface area (TPSA) is 94.9 Å². The van der Waals surface area contributed by atoms with E-state index in [1.807, 2.05) is 42.5 Å². The van der Waals surface area contributed by atoms with Gasteiger partial charge < -0.3 is 9.47 Å². The molecule has 4 atom stereocenters. The van der Waals surface area contributed by atoms with E-state index in [1.54, 1.807) is 17.0 Å². The molecule has 0 spiro atoms. The Bertz CT molecular complexity index is 1010. The lowest BCUT2D eigenvalue weighted by molar-refractivity contribution is 0.0666. The molecule has 5 rings (SSSR count). The molecule has 2 aromatic carbocycles. The van der Waals surface area contributed by atoms with Crippen LogP contribution in [0.15, 0.2) is 54.6 Å². The SMILES string of the molecule is N#C[C@H](NN1C(=O)OC[C@@H]1N1C(=O)O[C@@H]2Cc3ccccc3[C@@H]21)c1ccccc1. The number of ether oxygens (including phenoxy) is 2. The maximum Gasteiger partial charge on any atom is 0.426 e. The average molecular weight is 390 g/mol. The number of benzene rings is 2. The van der Waals surface area contributed by atoms with Crippen molar-refractivity contribution in [2.24, 2.45) is 0 Å². The molecule has 2 fully saturated rings. The Labute approximate surface area is 167 Å². The highest BCUT2D eigenvalue weighted by molar-refractivity contribution is 5.75. The molecule has 2 saturated heterocycles. The van der Waals surface area contributed by atoms with Crippen LogP contribution in [0.2, 0.25) is 0 Å². The molecule has 1 N–H and O–H groups in total. The van der Waals surface area contributed by atoms with Crippen LogP contribution in [0.4, 0.5) is 9.59 Å². The third kappa shape index (κ3) is 2.79. The second-order valence-corrected chi connectivity index (χ2v) is 7.21. The predicted octanol–water partition coefficient (Wildman–Crippen LogP) is 2.65. The lowest BCUT2D eigenvalue weighted by Gasteiger charge is -2.32. The number of hydrazine groups is 1. The van der Waals surface area contributed by atoms with Crippen molar-refractivity contribution in [2.75, 3.05) is 6.61 Å². The number of amides is 2. The van der Waals surface area contributed by atoms with E-state index in [0.717, 1.165) is 11.1 Å². The van der Waals surface area contributed by atoms with Crippen LogP contribution in [0, 0.1) is 11.3 Å². The highest BCUT2D eigenvalue weighted by Gasteiger charge is 2.54. The van der Waals surface area contributed by atoms with Gasteiger partial charge in [-0.1, -0.05) is 54.6 Å². The van der Waals surface area contributed by atoms with Gasteiger partial charge >= 0.3 is 12.2 Å². The summed E-state index contributed by atoms with van der Waals surface area (Å²) in [7, 11) is 0. The number of nitrogens with one attached hydrogen (secondary N) is 1. The van der Waals surface area contributed by atoms with Crippen molar-refractivity contribution in [2.45, 2.75) is 30.8 Å². The van der Waals surface area contributed by atoms with E-state index in [-0.39, 0.29) is 18.8 Å². The molecule has 0 saturated carbocycles. The van der Waals surface area contributed by atoms with Gasteiger partial charge in [-0.05, 0) is 16.7 Å². The van der Waals surface area contributed by atoms with Crippen LogP contribution in [0.25, 0.3) is 0 Å². The van der Waals surface area contributed by atoms with Gasteiger partial charge in [0.15, 0.2) is 6.17 Å². The number of rotatable bonds is 4. The fraction of sp³-hybridized carbons (Fsp3) is 0.286. The van der Waals surface area contributed by atoms with Crippen molar-refractivity contribution in [1.82, 2.24) is 15.3 Å². The maximum absolute atomic E-state index is 12.7. The largest absolute Gasteiger partial charge is 0.444 e. The van der Waals surface area contributed by atoms with Crippen molar-refractivity contribution in [3.05, 3.63) is 71.3 Å². The molecule has 0 bridgehead atoms. The fourth-order valence-corrected chi connectivity index (χ4v) is 4.30. The van der Waals surface area contributed by atoms with Crippen LogP contribution >= 0.6 is 0 Å². The van der Waals surface area contributed by atoms with Gasteiger partial charge in [0.2, 0.25) is 0 Å². The van der Waals surface area contributed by atoms with Crippen molar-refractivity contribution in [3.8, 4) is 6.07 Å². The Morgan fingerprint density at radius 2 is 1.83 bits per heavy atom. The molecule has 0 radical (unpaired) electrons. The molecule has 29 heavy (non-hydrogen) atoms. The second kappa shape index (κ2) is 6.79. The highest BCUT2D eigenvalue weighted by atomic mass is 16.6. The lowest BCUT2D eigenvalue weighted by atomic mass is 10.1. The summed E-state index contributed by atoms with van der Waals surface area (Å²) < 4.78 is 10.8. The van der Waals surface area contributed by atoms with Gasteiger partial charge in [-0.3, -0.25) is 4.90 Å². The van der Waals surface area contributed by atoms with Crippen LogP contribution in [-0.2, 0) is 15.9 Å². The molecule has 2 aliphatic heterocycles. The van der Waals surface area contributed by atoms with Gasteiger partial charge in [0, 0.05) is 6.42 Å². The molecule has 0 unspecified atom stereocenters. The maximum atomic E-state index is 12.7. The number of carbonyl (C=O) groups is 2. The van der Waals surface area contributed by atoms with E-state index in [2.05, 4.69) is 11.5 Å². The first kappa shape index (κ1) is 17.5. The van der Waals surface area contributed by atoms with Crippen LogP contribution in [0.3, 0.4) is 0 Å². The summed E-state index contributed by atoms with van der Waals surface area (Å²) in [6.45, 7) is -0.000736.